The van der Waals surface area contributed by atoms with Crippen LogP contribution < -0.4 is 5.32 Å². The number of rotatable bonds is 2. The summed E-state index contributed by atoms with van der Waals surface area (Å²) in [7, 11) is 0. The molecule has 1 aliphatic heterocycles. The average Bonchev–Trinajstić information content (AvgIpc) is 2.84. The molecule has 6 heteroatoms. The second kappa shape index (κ2) is 5.35. The number of furan rings is 1. The molecule has 1 saturated carbocycles. The molecule has 1 N–H and O–H groups in total. The van der Waals surface area contributed by atoms with Crippen molar-refractivity contribution in [1.29, 1.82) is 0 Å². The molecule has 112 valence electrons. The van der Waals surface area contributed by atoms with Crippen LogP contribution in [0.5, 0.6) is 0 Å². The fourth-order valence-electron chi connectivity index (χ4n) is 3.21. The summed E-state index contributed by atoms with van der Waals surface area (Å²) in [4.78, 5) is 38.2. The lowest BCUT2D eigenvalue weighted by molar-refractivity contribution is -0.153. The van der Waals surface area contributed by atoms with Gasteiger partial charge < -0.3 is 4.42 Å². The van der Waals surface area contributed by atoms with Crippen LogP contribution in [0.1, 0.15) is 44.3 Å². The van der Waals surface area contributed by atoms with E-state index in [1.54, 1.807) is 12.1 Å². The quantitative estimate of drug-likeness (QED) is 0.847. The van der Waals surface area contributed by atoms with E-state index in [0.717, 1.165) is 30.6 Å². The molecule has 0 atom stereocenters. The predicted octanol–water partition coefficient (Wildman–Crippen LogP) is 2.20. The minimum atomic E-state index is -1.07. The van der Waals surface area contributed by atoms with Gasteiger partial charge in [0.15, 0.2) is 0 Å². The second-order valence-corrected chi connectivity index (χ2v) is 5.73. The van der Waals surface area contributed by atoms with Gasteiger partial charge in [0.25, 0.3) is 0 Å². The monoisotopic (exact) mass is 290 g/mol. The Morgan fingerprint density at radius 3 is 2.48 bits per heavy atom. The molecular weight excluding hydrogens is 272 g/mol. The van der Waals surface area contributed by atoms with E-state index in [2.05, 4.69) is 5.32 Å². The van der Waals surface area contributed by atoms with Crippen molar-refractivity contribution in [3.63, 3.8) is 0 Å². The molecule has 2 fully saturated rings. The molecule has 1 aromatic heterocycles. The van der Waals surface area contributed by atoms with Crippen LogP contribution in [0.25, 0.3) is 0 Å². The first kappa shape index (κ1) is 13.9. The lowest BCUT2D eigenvalue weighted by atomic mass is 9.77. The molecule has 21 heavy (non-hydrogen) atoms. The van der Waals surface area contributed by atoms with Crippen molar-refractivity contribution in [1.82, 2.24) is 10.2 Å². The number of carbonyl (C=O) groups excluding carboxylic acids is 3. The first-order valence-corrected chi connectivity index (χ1v) is 7.33. The van der Waals surface area contributed by atoms with Crippen molar-refractivity contribution >= 4 is 17.8 Å². The highest BCUT2D eigenvalue weighted by Crippen LogP contribution is 2.39. The maximum Gasteiger partial charge on any atom is 0.331 e. The molecule has 1 aromatic rings. The Hall–Kier alpha value is -2.11. The van der Waals surface area contributed by atoms with Gasteiger partial charge in [0.2, 0.25) is 11.8 Å². The van der Waals surface area contributed by atoms with E-state index in [1.807, 2.05) is 0 Å². The fourth-order valence-corrected chi connectivity index (χ4v) is 3.21. The number of barbiturate groups is 1. The number of hydrogen-bond acceptors (Lipinski definition) is 4. The number of urea groups is 1. The summed E-state index contributed by atoms with van der Waals surface area (Å²) in [6, 6.07) is 2.75. The summed E-state index contributed by atoms with van der Waals surface area (Å²) in [6.45, 7) is 0.0622. The van der Waals surface area contributed by atoms with E-state index in [0.29, 0.717) is 18.6 Å². The maximum absolute atomic E-state index is 12.8. The lowest BCUT2D eigenvalue weighted by Gasteiger charge is -2.38. The van der Waals surface area contributed by atoms with Gasteiger partial charge in [-0.15, -0.1) is 0 Å². The van der Waals surface area contributed by atoms with Gasteiger partial charge in [-0.2, -0.15) is 0 Å². The van der Waals surface area contributed by atoms with Crippen LogP contribution in [-0.2, 0) is 16.1 Å². The highest BCUT2D eigenvalue weighted by atomic mass is 16.3. The third-order valence-electron chi connectivity index (χ3n) is 4.41. The standard InChI is InChI=1S/C15H18N2O4/c18-12-15(7-3-1-2-4-8-15)13(19)17(14(20)16-12)10-11-6-5-9-21-11/h5-6,9H,1-4,7-8,10H2,(H,16,18,20). The number of nitrogens with zero attached hydrogens (tertiary/aromatic N) is 1. The summed E-state index contributed by atoms with van der Waals surface area (Å²) in [5.41, 5.74) is -1.07. The van der Waals surface area contributed by atoms with Crippen molar-refractivity contribution in [2.24, 2.45) is 5.41 Å². The minimum Gasteiger partial charge on any atom is -0.467 e. The molecule has 1 spiro atoms. The minimum absolute atomic E-state index is 0.0622. The van der Waals surface area contributed by atoms with Crippen molar-refractivity contribution in [2.75, 3.05) is 0 Å². The first-order chi connectivity index (χ1) is 10.1. The zero-order valence-electron chi connectivity index (χ0n) is 11.8. The first-order valence-electron chi connectivity index (χ1n) is 7.33. The van der Waals surface area contributed by atoms with Gasteiger partial charge in [-0.05, 0) is 25.0 Å². The Kier molecular flexibility index (Phi) is 3.53. The smallest absolute Gasteiger partial charge is 0.331 e. The van der Waals surface area contributed by atoms with Crippen LogP contribution in [0.15, 0.2) is 22.8 Å². The van der Waals surface area contributed by atoms with Gasteiger partial charge in [0, 0.05) is 0 Å². The zero-order valence-corrected chi connectivity index (χ0v) is 11.8. The Bertz CT molecular complexity index is 556. The molecule has 0 aromatic carbocycles. The van der Waals surface area contributed by atoms with E-state index in [1.165, 1.54) is 6.26 Å². The summed E-state index contributed by atoms with van der Waals surface area (Å²) in [5.74, 6) is -0.290. The molecule has 0 bridgehead atoms. The maximum atomic E-state index is 12.8. The van der Waals surface area contributed by atoms with Crippen LogP contribution in [0.3, 0.4) is 0 Å². The largest absolute Gasteiger partial charge is 0.467 e. The molecule has 2 aliphatic rings. The Morgan fingerprint density at radius 1 is 1.14 bits per heavy atom. The van der Waals surface area contributed by atoms with Gasteiger partial charge in [-0.3, -0.25) is 19.8 Å². The Morgan fingerprint density at radius 2 is 1.86 bits per heavy atom. The lowest BCUT2D eigenvalue weighted by Crippen LogP contribution is -2.63. The molecule has 6 nitrogen and oxygen atoms in total. The van der Waals surface area contributed by atoms with Crippen molar-refractivity contribution < 1.29 is 18.8 Å². The molecule has 4 amide bonds. The summed E-state index contributed by atoms with van der Waals surface area (Å²) in [5, 5.41) is 2.35. The van der Waals surface area contributed by atoms with Gasteiger partial charge >= 0.3 is 6.03 Å². The molecule has 3 rings (SSSR count). The molecule has 0 unspecified atom stereocenters. The molecule has 2 heterocycles. The molecule has 0 radical (unpaired) electrons. The van der Waals surface area contributed by atoms with Gasteiger partial charge in [0.1, 0.15) is 11.2 Å². The second-order valence-electron chi connectivity index (χ2n) is 5.73. The molecule has 1 aliphatic carbocycles. The Balaban J connectivity index is 1.89. The van der Waals surface area contributed by atoms with Crippen LogP contribution in [-0.4, -0.2) is 22.7 Å². The van der Waals surface area contributed by atoms with Gasteiger partial charge in [-0.25, -0.2) is 4.79 Å². The number of nitrogens with one attached hydrogen (secondary N) is 1. The van der Waals surface area contributed by atoms with E-state index >= 15 is 0 Å². The van der Waals surface area contributed by atoms with E-state index in [4.69, 9.17) is 4.42 Å². The normalized spacial score (nSPS) is 22.3. The summed E-state index contributed by atoms with van der Waals surface area (Å²) in [6.07, 6.45) is 6.24. The van der Waals surface area contributed by atoms with Crippen molar-refractivity contribution in [2.45, 2.75) is 45.1 Å². The van der Waals surface area contributed by atoms with Crippen molar-refractivity contribution in [3.8, 4) is 0 Å². The van der Waals surface area contributed by atoms with E-state index in [-0.39, 0.29) is 12.5 Å². The van der Waals surface area contributed by atoms with Gasteiger partial charge in [-0.1, -0.05) is 25.7 Å². The third kappa shape index (κ3) is 2.34. The number of hydrogen-bond donors (Lipinski definition) is 1. The number of imide groups is 2. The Labute approximate surface area is 122 Å². The van der Waals surface area contributed by atoms with E-state index < -0.39 is 17.4 Å². The third-order valence-corrected chi connectivity index (χ3v) is 4.41. The molecule has 1 saturated heterocycles. The van der Waals surface area contributed by atoms with Crippen LogP contribution in [0, 0.1) is 5.41 Å². The summed E-state index contributed by atoms with van der Waals surface area (Å²) < 4.78 is 5.20. The van der Waals surface area contributed by atoms with Crippen molar-refractivity contribution in [3.05, 3.63) is 24.2 Å². The molecular formula is C15H18N2O4. The highest BCUT2D eigenvalue weighted by Gasteiger charge is 2.53. The fraction of sp³-hybridized carbons (Fsp3) is 0.533. The number of amides is 4. The summed E-state index contributed by atoms with van der Waals surface area (Å²) >= 11 is 0. The average molecular weight is 290 g/mol. The van der Waals surface area contributed by atoms with Gasteiger partial charge in [0.05, 0.1) is 12.8 Å². The van der Waals surface area contributed by atoms with Crippen LogP contribution in [0.4, 0.5) is 4.79 Å². The number of carbonyl (C=O) groups is 3. The van der Waals surface area contributed by atoms with Crippen LogP contribution >= 0.6 is 0 Å². The zero-order chi connectivity index (χ0) is 14.9. The van der Waals surface area contributed by atoms with Crippen LogP contribution in [0.2, 0.25) is 0 Å². The highest BCUT2D eigenvalue weighted by molar-refractivity contribution is 6.19. The predicted molar refractivity (Wildman–Crippen MR) is 72.9 cm³/mol. The SMILES string of the molecule is O=C1NC(=O)C2(CCCCCC2)C(=O)N1Cc1ccco1. The topological polar surface area (TPSA) is 79.6 Å². The van der Waals surface area contributed by atoms with E-state index in [9.17, 15) is 14.4 Å².